The van der Waals surface area contributed by atoms with Gasteiger partial charge in [-0.25, -0.2) is 5.48 Å². The van der Waals surface area contributed by atoms with Gasteiger partial charge < -0.3 is 19.3 Å². The SMILES string of the molecule is Cc1c(COc2cc(OCc3cccc(C#N)c3)c(CN3CCCC[C@H]3C(=O)O)cc2Cl)cccc1-c1cccc(OCCCCCCC(=O)NO)c1. The van der Waals surface area contributed by atoms with Gasteiger partial charge in [0.25, 0.3) is 0 Å². The first-order valence-corrected chi connectivity index (χ1v) is 18.4. The molecule has 1 aliphatic rings. The molecule has 53 heavy (non-hydrogen) atoms. The highest BCUT2D eigenvalue weighted by atomic mass is 35.5. The van der Waals surface area contributed by atoms with Crippen LogP contribution in [0.25, 0.3) is 11.1 Å². The Morgan fingerprint density at radius 3 is 2.51 bits per heavy atom. The Morgan fingerprint density at radius 2 is 1.70 bits per heavy atom. The fraction of sp³-hybridized carbons (Fsp3) is 0.357. The zero-order valence-electron chi connectivity index (χ0n) is 30.0. The number of carboxylic acids is 1. The Bertz CT molecular complexity index is 1910. The summed E-state index contributed by atoms with van der Waals surface area (Å²) in [6.07, 6.45) is 6.10. The molecular weight excluding hydrogens is 694 g/mol. The molecule has 4 aromatic rings. The number of nitrogens with zero attached hydrogens (tertiary/aromatic N) is 2. The minimum absolute atomic E-state index is 0.210. The maximum absolute atomic E-state index is 12.0. The summed E-state index contributed by atoms with van der Waals surface area (Å²) in [5.74, 6) is 0.568. The average molecular weight is 740 g/mol. The first-order valence-electron chi connectivity index (χ1n) is 18.0. The predicted octanol–water partition coefficient (Wildman–Crippen LogP) is 8.62. The van der Waals surface area contributed by atoms with Gasteiger partial charge in [0.1, 0.15) is 36.5 Å². The van der Waals surface area contributed by atoms with Crippen molar-refractivity contribution in [2.45, 2.75) is 84.1 Å². The molecule has 0 unspecified atom stereocenters. The largest absolute Gasteiger partial charge is 0.494 e. The van der Waals surface area contributed by atoms with E-state index in [0.717, 1.165) is 77.7 Å². The molecule has 1 saturated heterocycles. The normalized spacial score (nSPS) is 14.3. The molecule has 11 heteroatoms. The zero-order chi connectivity index (χ0) is 37.6. The molecule has 1 atom stereocenters. The van der Waals surface area contributed by atoms with Gasteiger partial charge in [-0.15, -0.1) is 0 Å². The lowest BCUT2D eigenvalue weighted by Crippen LogP contribution is -2.44. The summed E-state index contributed by atoms with van der Waals surface area (Å²) < 4.78 is 18.7. The van der Waals surface area contributed by atoms with Crippen LogP contribution in [0.1, 0.15) is 79.2 Å². The van der Waals surface area contributed by atoms with Crippen molar-refractivity contribution in [2.75, 3.05) is 13.2 Å². The second-order valence-electron chi connectivity index (χ2n) is 13.3. The molecule has 0 radical (unpaired) electrons. The van der Waals surface area contributed by atoms with Crippen LogP contribution in [-0.4, -0.2) is 46.3 Å². The Labute approximate surface area is 315 Å². The number of rotatable bonds is 18. The number of unbranched alkanes of at least 4 members (excludes halogenated alkanes) is 3. The molecule has 5 rings (SSSR count). The van der Waals surface area contributed by atoms with Gasteiger partial charge in [0, 0.05) is 24.6 Å². The highest BCUT2D eigenvalue weighted by molar-refractivity contribution is 6.32. The number of benzene rings is 4. The minimum Gasteiger partial charge on any atom is -0.494 e. The number of hydroxylamine groups is 1. The van der Waals surface area contributed by atoms with E-state index in [2.05, 4.69) is 25.1 Å². The number of likely N-dealkylation sites (tertiary alicyclic amines) is 1. The summed E-state index contributed by atoms with van der Waals surface area (Å²) in [5, 5.41) is 28.2. The summed E-state index contributed by atoms with van der Waals surface area (Å²) in [4.78, 5) is 25.2. The van der Waals surface area contributed by atoms with Crippen LogP contribution in [0.4, 0.5) is 0 Å². The maximum atomic E-state index is 12.0. The number of ether oxygens (including phenoxy) is 3. The number of carbonyl (C=O) groups excluding carboxylic acids is 1. The monoisotopic (exact) mass is 739 g/mol. The van der Waals surface area contributed by atoms with Crippen molar-refractivity contribution in [2.24, 2.45) is 0 Å². The molecule has 0 spiro atoms. The molecule has 1 fully saturated rings. The van der Waals surface area contributed by atoms with E-state index >= 15 is 0 Å². The van der Waals surface area contributed by atoms with Crippen molar-refractivity contribution in [3.05, 3.63) is 112 Å². The van der Waals surface area contributed by atoms with Crippen LogP contribution in [0, 0.1) is 18.3 Å². The summed E-state index contributed by atoms with van der Waals surface area (Å²) >= 11 is 6.83. The summed E-state index contributed by atoms with van der Waals surface area (Å²) in [6, 6.07) is 26.5. The fourth-order valence-electron chi connectivity index (χ4n) is 6.56. The van der Waals surface area contributed by atoms with E-state index in [4.69, 9.17) is 31.0 Å². The van der Waals surface area contributed by atoms with Gasteiger partial charge in [-0.3, -0.25) is 19.7 Å². The number of nitriles is 1. The van der Waals surface area contributed by atoms with Crippen LogP contribution >= 0.6 is 11.6 Å². The van der Waals surface area contributed by atoms with Gasteiger partial charge in [-0.2, -0.15) is 5.26 Å². The maximum Gasteiger partial charge on any atom is 0.320 e. The smallest absolute Gasteiger partial charge is 0.320 e. The second-order valence-corrected chi connectivity index (χ2v) is 13.7. The molecule has 1 heterocycles. The van der Waals surface area contributed by atoms with E-state index in [0.29, 0.717) is 54.6 Å². The number of piperidine rings is 1. The van der Waals surface area contributed by atoms with Crippen molar-refractivity contribution in [3.63, 3.8) is 0 Å². The van der Waals surface area contributed by atoms with Crippen LogP contribution < -0.4 is 19.7 Å². The highest BCUT2D eigenvalue weighted by Gasteiger charge is 2.29. The van der Waals surface area contributed by atoms with E-state index in [9.17, 15) is 20.0 Å². The van der Waals surface area contributed by atoms with Crippen molar-refractivity contribution in [1.82, 2.24) is 10.4 Å². The summed E-state index contributed by atoms with van der Waals surface area (Å²) in [6.45, 7) is 4.12. The van der Waals surface area contributed by atoms with Crippen molar-refractivity contribution in [1.29, 1.82) is 5.26 Å². The Morgan fingerprint density at radius 1 is 0.906 bits per heavy atom. The first kappa shape index (κ1) is 39.1. The standard InChI is InChI=1S/C42H46ClN3O7/c1-29-33(14-10-16-36(29)32-13-9-15-35(22-32)51-20-7-3-2-4-18-41(47)45-50)28-53-40-24-39(52-27-31-12-8-11-30(21-31)25-44)34(23-37(40)43)26-46-19-6-5-17-38(46)42(48)49/h8-16,21-24,38,50H,2-7,17-20,26-28H2,1H3,(H,45,47)(H,48,49)/t38-/m0/s1. The van der Waals surface area contributed by atoms with E-state index in [-0.39, 0.29) is 19.1 Å². The highest BCUT2D eigenvalue weighted by Crippen LogP contribution is 2.36. The van der Waals surface area contributed by atoms with E-state index < -0.39 is 12.0 Å². The first-order chi connectivity index (χ1) is 25.7. The summed E-state index contributed by atoms with van der Waals surface area (Å²) in [5.41, 5.74) is 7.91. The van der Waals surface area contributed by atoms with Crippen LogP contribution in [0.15, 0.2) is 78.9 Å². The van der Waals surface area contributed by atoms with Gasteiger partial charge in [0.15, 0.2) is 0 Å². The van der Waals surface area contributed by atoms with Gasteiger partial charge in [-0.1, -0.05) is 73.3 Å². The molecule has 0 aromatic heterocycles. The van der Waals surface area contributed by atoms with Crippen LogP contribution in [0.5, 0.6) is 17.2 Å². The molecule has 10 nitrogen and oxygen atoms in total. The molecular formula is C42H46ClN3O7. The average Bonchev–Trinajstić information content (AvgIpc) is 3.17. The van der Waals surface area contributed by atoms with Gasteiger partial charge in [-0.05, 0) is 97.3 Å². The number of carboxylic acid groups (broad SMARTS) is 1. The topological polar surface area (TPSA) is 141 Å². The van der Waals surface area contributed by atoms with E-state index in [1.54, 1.807) is 29.7 Å². The number of halogens is 1. The van der Waals surface area contributed by atoms with Crippen molar-refractivity contribution in [3.8, 4) is 34.4 Å². The van der Waals surface area contributed by atoms with Crippen molar-refractivity contribution >= 4 is 23.5 Å². The Balaban J connectivity index is 1.28. The zero-order valence-corrected chi connectivity index (χ0v) is 30.7. The molecule has 0 saturated carbocycles. The van der Waals surface area contributed by atoms with Gasteiger partial charge in [0.2, 0.25) is 5.91 Å². The number of nitrogens with one attached hydrogen (secondary N) is 1. The van der Waals surface area contributed by atoms with E-state index in [1.807, 2.05) is 47.4 Å². The number of hydrogen-bond acceptors (Lipinski definition) is 8. The van der Waals surface area contributed by atoms with Gasteiger partial charge in [0.05, 0.1) is 23.3 Å². The molecule has 1 amide bonds. The van der Waals surface area contributed by atoms with Crippen LogP contribution in [0.2, 0.25) is 5.02 Å². The number of hydrogen-bond donors (Lipinski definition) is 3. The molecule has 278 valence electrons. The molecule has 4 aromatic carbocycles. The van der Waals surface area contributed by atoms with Gasteiger partial charge >= 0.3 is 5.97 Å². The third kappa shape index (κ3) is 11.2. The summed E-state index contributed by atoms with van der Waals surface area (Å²) in [7, 11) is 0. The lowest BCUT2D eigenvalue weighted by molar-refractivity contribution is -0.144. The van der Waals surface area contributed by atoms with Crippen LogP contribution in [0.3, 0.4) is 0 Å². The molecule has 1 aliphatic heterocycles. The molecule has 0 aliphatic carbocycles. The Hall–Kier alpha value is -5.08. The molecule has 0 bridgehead atoms. The van der Waals surface area contributed by atoms with E-state index in [1.165, 1.54) is 0 Å². The van der Waals surface area contributed by atoms with Crippen molar-refractivity contribution < 1.29 is 34.1 Å². The predicted molar refractivity (Wildman–Crippen MR) is 202 cm³/mol. The fourth-order valence-corrected chi connectivity index (χ4v) is 6.80. The minimum atomic E-state index is -0.834. The second kappa shape index (κ2) is 19.7. The number of amides is 1. The lowest BCUT2D eigenvalue weighted by Gasteiger charge is -2.33. The number of carbonyl (C=O) groups is 2. The lowest BCUT2D eigenvalue weighted by atomic mass is 9.96. The third-order valence-corrected chi connectivity index (χ3v) is 9.80. The van der Waals surface area contributed by atoms with Crippen LogP contribution in [-0.2, 0) is 29.3 Å². The number of aliphatic carboxylic acids is 1. The molecule has 3 N–H and O–H groups in total. The third-order valence-electron chi connectivity index (χ3n) is 9.50. The quantitative estimate of drug-likeness (QED) is 0.0520. The Kier molecular flexibility index (Phi) is 14.5.